The molecule has 0 atom stereocenters. The van der Waals surface area contributed by atoms with Crippen molar-refractivity contribution >= 4 is 16.9 Å². The van der Waals surface area contributed by atoms with Gasteiger partial charge in [-0.1, -0.05) is 13.8 Å². The van der Waals surface area contributed by atoms with E-state index in [1.165, 1.54) is 12.1 Å². The summed E-state index contributed by atoms with van der Waals surface area (Å²) in [5, 5.41) is 7.38. The molecule has 5 heteroatoms. The fourth-order valence-corrected chi connectivity index (χ4v) is 1.53. The third-order valence-corrected chi connectivity index (χ3v) is 2.22. The second-order valence-electron chi connectivity index (χ2n) is 3.35. The van der Waals surface area contributed by atoms with E-state index in [1.807, 2.05) is 13.8 Å². The van der Waals surface area contributed by atoms with Crippen LogP contribution in [0.3, 0.4) is 0 Å². The van der Waals surface area contributed by atoms with Crippen molar-refractivity contribution in [3.63, 3.8) is 0 Å². The molecule has 1 aromatic heterocycles. The number of halogens is 1. The van der Waals surface area contributed by atoms with Crippen molar-refractivity contribution < 1.29 is 13.9 Å². The molecule has 0 amide bonds. The molecule has 2 aromatic rings. The minimum Gasteiger partial charge on any atom is -0.466 e. The molecular weight excluding hydrogens is 235 g/mol. The first-order valence-corrected chi connectivity index (χ1v) is 5.99. The van der Waals surface area contributed by atoms with E-state index in [0.717, 1.165) is 5.39 Å². The highest BCUT2D eigenvalue weighted by Crippen LogP contribution is 2.17. The van der Waals surface area contributed by atoms with Gasteiger partial charge in [-0.2, -0.15) is 5.10 Å². The van der Waals surface area contributed by atoms with Crippen LogP contribution < -0.4 is 0 Å². The molecule has 0 aliphatic rings. The van der Waals surface area contributed by atoms with E-state index < -0.39 is 0 Å². The summed E-state index contributed by atoms with van der Waals surface area (Å²) in [6, 6.07) is 4.26. The number of nitrogens with zero attached hydrogens (tertiary/aromatic N) is 1. The Balaban J connectivity index is 0.000000771. The number of aromatic nitrogens is 2. The van der Waals surface area contributed by atoms with Crippen molar-refractivity contribution in [3.05, 3.63) is 29.7 Å². The normalized spacial score (nSPS) is 9.78. The van der Waals surface area contributed by atoms with Gasteiger partial charge in [-0.05, 0) is 19.1 Å². The number of aromatic amines is 1. The fraction of sp³-hybridized carbons (Fsp3) is 0.385. The lowest BCUT2D eigenvalue weighted by molar-refractivity contribution is -0.142. The monoisotopic (exact) mass is 252 g/mol. The van der Waals surface area contributed by atoms with Crippen LogP contribution in [-0.4, -0.2) is 22.8 Å². The van der Waals surface area contributed by atoms with E-state index in [-0.39, 0.29) is 18.2 Å². The molecule has 0 aliphatic heterocycles. The Labute approximate surface area is 105 Å². The molecule has 0 saturated heterocycles. The Morgan fingerprint density at radius 1 is 1.44 bits per heavy atom. The summed E-state index contributed by atoms with van der Waals surface area (Å²) >= 11 is 0. The standard InChI is InChI=1S/C11H11FN2O2.C2H6/c1-2-16-11(15)6-10-8-4-3-7(12)5-9(8)13-14-10;1-2/h3-5H,2,6H2,1H3,(H,13,14);1-2H3. The van der Waals surface area contributed by atoms with E-state index >= 15 is 0 Å². The summed E-state index contributed by atoms with van der Waals surface area (Å²) in [6.45, 7) is 6.10. The highest BCUT2D eigenvalue weighted by Gasteiger charge is 2.10. The second kappa shape index (κ2) is 6.74. The van der Waals surface area contributed by atoms with Crippen LogP contribution in [0.4, 0.5) is 4.39 Å². The third kappa shape index (κ3) is 3.29. The molecule has 0 spiro atoms. The number of benzene rings is 1. The van der Waals surface area contributed by atoms with Crippen LogP contribution >= 0.6 is 0 Å². The van der Waals surface area contributed by atoms with Crippen LogP contribution in [-0.2, 0) is 16.0 Å². The van der Waals surface area contributed by atoms with Gasteiger partial charge >= 0.3 is 5.97 Å². The van der Waals surface area contributed by atoms with Crippen molar-refractivity contribution in [3.8, 4) is 0 Å². The predicted molar refractivity (Wildman–Crippen MR) is 67.7 cm³/mol. The van der Waals surface area contributed by atoms with Gasteiger partial charge in [0.05, 0.1) is 24.2 Å². The first kappa shape index (κ1) is 14.2. The minimum atomic E-state index is -0.346. The van der Waals surface area contributed by atoms with Gasteiger partial charge in [0, 0.05) is 11.5 Å². The van der Waals surface area contributed by atoms with Gasteiger partial charge in [0.25, 0.3) is 0 Å². The summed E-state index contributed by atoms with van der Waals surface area (Å²) in [5.74, 6) is -0.668. The molecule has 0 fully saturated rings. The van der Waals surface area contributed by atoms with Crippen LogP contribution in [0.25, 0.3) is 10.9 Å². The molecule has 0 saturated carbocycles. The molecule has 4 nitrogen and oxygen atoms in total. The number of rotatable bonds is 3. The number of nitrogens with one attached hydrogen (secondary N) is 1. The average molecular weight is 252 g/mol. The molecule has 98 valence electrons. The van der Waals surface area contributed by atoms with Gasteiger partial charge in [0.2, 0.25) is 0 Å². The number of esters is 1. The van der Waals surface area contributed by atoms with E-state index in [4.69, 9.17) is 4.74 Å². The number of hydrogen-bond acceptors (Lipinski definition) is 3. The second-order valence-corrected chi connectivity index (χ2v) is 3.35. The molecule has 0 bridgehead atoms. The maximum atomic E-state index is 12.9. The van der Waals surface area contributed by atoms with Gasteiger partial charge in [-0.25, -0.2) is 4.39 Å². The molecule has 0 aliphatic carbocycles. The molecule has 18 heavy (non-hydrogen) atoms. The predicted octanol–water partition coefficient (Wildman–Crippen LogP) is 2.83. The first-order chi connectivity index (χ1) is 8.70. The number of carbonyl (C=O) groups excluding carboxylic acids is 1. The van der Waals surface area contributed by atoms with Crippen LogP contribution in [0.5, 0.6) is 0 Å². The zero-order valence-electron chi connectivity index (χ0n) is 10.8. The van der Waals surface area contributed by atoms with Gasteiger partial charge in [0.15, 0.2) is 0 Å². The Bertz CT molecular complexity index is 523. The van der Waals surface area contributed by atoms with Crippen LogP contribution in [0, 0.1) is 5.82 Å². The van der Waals surface area contributed by atoms with Crippen molar-refractivity contribution in [2.24, 2.45) is 0 Å². The summed E-state index contributed by atoms with van der Waals surface area (Å²) in [6.07, 6.45) is 0.121. The molecule has 0 radical (unpaired) electrons. The summed E-state index contributed by atoms with van der Waals surface area (Å²) in [7, 11) is 0. The smallest absolute Gasteiger partial charge is 0.311 e. The lowest BCUT2D eigenvalue weighted by atomic mass is 10.1. The van der Waals surface area contributed by atoms with Gasteiger partial charge in [-0.3, -0.25) is 9.89 Å². The Kier molecular flexibility index (Phi) is 5.30. The van der Waals surface area contributed by atoms with E-state index in [9.17, 15) is 9.18 Å². The molecule has 1 heterocycles. The lowest BCUT2D eigenvalue weighted by Crippen LogP contribution is -2.07. The largest absolute Gasteiger partial charge is 0.466 e. The molecule has 1 N–H and O–H groups in total. The SMILES string of the molecule is CC.CCOC(=O)Cc1[nH]nc2cc(F)ccc12. The van der Waals surface area contributed by atoms with Crippen LogP contribution in [0.2, 0.25) is 0 Å². The molecular formula is C13H17FN2O2. The van der Waals surface area contributed by atoms with E-state index in [0.29, 0.717) is 17.8 Å². The highest BCUT2D eigenvalue weighted by molar-refractivity contribution is 5.85. The number of ether oxygens (including phenoxy) is 1. The number of carbonyl (C=O) groups is 1. The van der Waals surface area contributed by atoms with Crippen molar-refractivity contribution in [1.29, 1.82) is 0 Å². The van der Waals surface area contributed by atoms with Crippen molar-refractivity contribution in [2.75, 3.05) is 6.61 Å². The molecule has 0 unspecified atom stereocenters. The third-order valence-electron chi connectivity index (χ3n) is 2.22. The Morgan fingerprint density at radius 3 is 2.83 bits per heavy atom. The number of H-pyrrole nitrogens is 1. The average Bonchev–Trinajstić information content (AvgIpc) is 2.74. The Hall–Kier alpha value is -1.91. The maximum Gasteiger partial charge on any atom is 0.311 e. The van der Waals surface area contributed by atoms with Crippen molar-refractivity contribution in [1.82, 2.24) is 10.2 Å². The number of fused-ring (bicyclic) bond motifs is 1. The maximum absolute atomic E-state index is 12.9. The Morgan fingerprint density at radius 2 is 2.17 bits per heavy atom. The van der Waals surface area contributed by atoms with Crippen LogP contribution in [0.1, 0.15) is 26.5 Å². The zero-order chi connectivity index (χ0) is 13.5. The van der Waals surface area contributed by atoms with Crippen molar-refractivity contribution in [2.45, 2.75) is 27.2 Å². The first-order valence-electron chi connectivity index (χ1n) is 5.99. The number of hydrogen-bond donors (Lipinski definition) is 1. The topological polar surface area (TPSA) is 55.0 Å². The summed E-state index contributed by atoms with van der Waals surface area (Å²) in [4.78, 5) is 11.3. The summed E-state index contributed by atoms with van der Waals surface area (Å²) in [5.41, 5.74) is 1.16. The van der Waals surface area contributed by atoms with Crippen LogP contribution in [0.15, 0.2) is 18.2 Å². The molecule has 2 rings (SSSR count). The fourth-order valence-electron chi connectivity index (χ4n) is 1.53. The quantitative estimate of drug-likeness (QED) is 0.854. The molecule has 1 aromatic carbocycles. The van der Waals surface area contributed by atoms with Gasteiger partial charge < -0.3 is 4.74 Å². The van der Waals surface area contributed by atoms with E-state index in [1.54, 1.807) is 13.0 Å². The van der Waals surface area contributed by atoms with Gasteiger partial charge in [0.1, 0.15) is 5.82 Å². The lowest BCUT2D eigenvalue weighted by Gasteiger charge is -1.99. The van der Waals surface area contributed by atoms with Gasteiger partial charge in [-0.15, -0.1) is 0 Å². The van der Waals surface area contributed by atoms with E-state index in [2.05, 4.69) is 10.2 Å². The minimum absolute atomic E-state index is 0.121. The summed E-state index contributed by atoms with van der Waals surface area (Å²) < 4.78 is 17.7. The zero-order valence-corrected chi connectivity index (χ0v) is 10.8. The highest BCUT2D eigenvalue weighted by atomic mass is 19.1.